The molecule has 0 amide bonds. The van der Waals surface area contributed by atoms with E-state index >= 15 is 0 Å². The molecule has 1 rings (SSSR count). The first-order chi connectivity index (χ1) is 7.94. The number of hydrogen-bond donors (Lipinski definition) is 1. The van der Waals surface area contributed by atoms with Gasteiger partial charge in [0.05, 0.1) is 4.47 Å². The van der Waals surface area contributed by atoms with E-state index < -0.39 is 0 Å². The van der Waals surface area contributed by atoms with Gasteiger partial charge in [0.1, 0.15) is 5.82 Å². The number of aryl methyl sites for hydroxylation is 1. The van der Waals surface area contributed by atoms with Crippen molar-refractivity contribution >= 4 is 21.7 Å². The Balaban J connectivity index is 2.54. The van der Waals surface area contributed by atoms with E-state index in [1.54, 1.807) is 7.11 Å². The lowest BCUT2D eigenvalue weighted by atomic mass is 9.90. The molecule has 1 N–H and O–H groups in total. The number of halogens is 1. The lowest BCUT2D eigenvalue weighted by Crippen LogP contribution is -2.25. The molecule has 0 aromatic carbocycles. The number of rotatable bonds is 6. The van der Waals surface area contributed by atoms with Crippen LogP contribution in [0.3, 0.4) is 0 Å². The monoisotopic (exact) mass is 300 g/mol. The van der Waals surface area contributed by atoms with E-state index in [0.29, 0.717) is 0 Å². The summed E-state index contributed by atoms with van der Waals surface area (Å²) in [5.74, 6) is 0.904. The topological polar surface area (TPSA) is 34.1 Å². The fourth-order valence-electron chi connectivity index (χ4n) is 1.45. The van der Waals surface area contributed by atoms with Crippen LogP contribution in [0.25, 0.3) is 0 Å². The minimum atomic E-state index is 0.196. The van der Waals surface area contributed by atoms with Gasteiger partial charge in [-0.2, -0.15) is 0 Å². The molecular formula is C13H21BrN2O. The van der Waals surface area contributed by atoms with Crippen LogP contribution in [0.1, 0.15) is 25.8 Å². The Hall–Kier alpha value is -0.610. The van der Waals surface area contributed by atoms with Crippen molar-refractivity contribution in [3.05, 3.63) is 22.3 Å². The molecule has 17 heavy (non-hydrogen) atoms. The molecule has 96 valence electrons. The first-order valence-electron chi connectivity index (χ1n) is 5.79. The zero-order valence-electron chi connectivity index (χ0n) is 11.0. The molecule has 1 aromatic rings. The molecule has 0 aliphatic rings. The molecule has 1 heterocycles. The first-order valence-corrected chi connectivity index (χ1v) is 6.59. The number of anilines is 1. The average Bonchev–Trinajstić information content (AvgIpc) is 2.25. The number of methoxy groups -OCH3 is 1. The Labute approximate surface area is 112 Å². The van der Waals surface area contributed by atoms with Gasteiger partial charge in [-0.3, -0.25) is 0 Å². The minimum absolute atomic E-state index is 0.196. The van der Waals surface area contributed by atoms with Crippen LogP contribution >= 0.6 is 15.9 Å². The molecule has 0 aliphatic carbocycles. The second kappa shape index (κ2) is 6.36. The Kier molecular flexibility index (Phi) is 5.40. The molecule has 0 saturated heterocycles. The maximum Gasteiger partial charge on any atom is 0.140 e. The van der Waals surface area contributed by atoms with Crippen molar-refractivity contribution in [3.63, 3.8) is 0 Å². The molecule has 1 aromatic heterocycles. The van der Waals surface area contributed by atoms with Crippen LogP contribution in [0.2, 0.25) is 0 Å². The lowest BCUT2D eigenvalue weighted by Gasteiger charge is -2.25. The first kappa shape index (κ1) is 14.5. The average molecular weight is 301 g/mol. The third-order valence-electron chi connectivity index (χ3n) is 2.70. The number of ether oxygens (including phenoxy) is 1. The van der Waals surface area contributed by atoms with Gasteiger partial charge in [-0.25, -0.2) is 4.98 Å². The highest BCUT2D eigenvalue weighted by Gasteiger charge is 2.17. The molecule has 0 atom stereocenters. The summed E-state index contributed by atoms with van der Waals surface area (Å²) in [6, 6.07) is 2.07. The molecule has 4 heteroatoms. The van der Waals surface area contributed by atoms with Gasteiger partial charge in [-0.1, -0.05) is 13.8 Å². The van der Waals surface area contributed by atoms with Crippen LogP contribution in [-0.4, -0.2) is 25.2 Å². The summed E-state index contributed by atoms with van der Waals surface area (Å²) in [5, 5.41) is 3.38. The van der Waals surface area contributed by atoms with Crippen molar-refractivity contribution in [1.82, 2.24) is 4.98 Å². The fraction of sp³-hybridized carbons (Fsp3) is 0.615. The largest absolute Gasteiger partial charge is 0.385 e. The van der Waals surface area contributed by atoms with Gasteiger partial charge in [-0.05, 0) is 46.3 Å². The summed E-state index contributed by atoms with van der Waals surface area (Å²) in [6.45, 7) is 8.15. The Morgan fingerprint density at radius 1 is 1.47 bits per heavy atom. The number of aromatic nitrogens is 1. The summed E-state index contributed by atoms with van der Waals surface area (Å²) >= 11 is 3.52. The van der Waals surface area contributed by atoms with Crippen molar-refractivity contribution < 1.29 is 4.74 Å². The maximum absolute atomic E-state index is 5.12. The summed E-state index contributed by atoms with van der Waals surface area (Å²) in [5.41, 5.74) is 1.35. The predicted octanol–water partition coefficient (Wildman–Crippen LogP) is 3.63. The normalized spacial score (nSPS) is 11.6. The Morgan fingerprint density at radius 2 is 2.18 bits per heavy atom. The second-order valence-corrected chi connectivity index (χ2v) is 5.96. The quantitative estimate of drug-likeness (QED) is 0.871. The maximum atomic E-state index is 5.12. The number of nitrogens with one attached hydrogen (secondary N) is 1. The van der Waals surface area contributed by atoms with Crippen LogP contribution in [0, 0.1) is 12.3 Å². The molecule has 3 nitrogen and oxygen atoms in total. The standard InChI is InChI=1S/C13H21BrN2O/c1-10-7-11(14)12(15-8-10)16-9-13(2,3)5-6-17-4/h7-8H,5-6,9H2,1-4H3,(H,15,16). The molecule has 0 bridgehead atoms. The van der Waals surface area contributed by atoms with Gasteiger partial charge in [0.15, 0.2) is 0 Å². The molecule has 0 fully saturated rings. The lowest BCUT2D eigenvalue weighted by molar-refractivity contribution is 0.157. The van der Waals surface area contributed by atoms with Crippen molar-refractivity contribution in [2.24, 2.45) is 5.41 Å². The highest BCUT2D eigenvalue weighted by Crippen LogP contribution is 2.24. The number of pyridine rings is 1. The van der Waals surface area contributed by atoms with E-state index in [1.165, 1.54) is 0 Å². The van der Waals surface area contributed by atoms with E-state index in [-0.39, 0.29) is 5.41 Å². The molecule has 0 saturated carbocycles. The van der Waals surface area contributed by atoms with Gasteiger partial charge >= 0.3 is 0 Å². The van der Waals surface area contributed by atoms with Gasteiger partial charge in [0, 0.05) is 26.5 Å². The van der Waals surface area contributed by atoms with Gasteiger partial charge in [0.25, 0.3) is 0 Å². The molecule has 0 unspecified atom stereocenters. The van der Waals surface area contributed by atoms with E-state index in [2.05, 4.69) is 46.1 Å². The summed E-state index contributed by atoms with van der Waals surface area (Å²) < 4.78 is 6.13. The van der Waals surface area contributed by atoms with E-state index in [9.17, 15) is 0 Å². The van der Waals surface area contributed by atoms with Crippen LogP contribution in [0.5, 0.6) is 0 Å². The van der Waals surface area contributed by atoms with Crippen LogP contribution in [0.4, 0.5) is 5.82 Å². The molecule has 0 radical (unpaired) electrons. The zero-order chi connectivity index (χ0) is 12.9. The van der Waals surface area contributed by atoms with Gasteiger partial charge in [-0.15, -0.1) is 0 Å². The van der Waals surface area contributed by atoms with Crippen molar-refractivity contribution in [3.8, 4) is 0 Å². The van der Waals surface area contributed by atoms with Crippen molar-refractivity contribution in [1.29, 1.82) is 0 Å². The Morgan fingerprint density at radius 3 is 2.76 bits per heavy atom. The molecular weight excluding hydrogens is 280 g/mol. The van der Waals surface area contributed by atoms with Crippen LogP contribution < -0.4 is 5.32 Å². The van der Waals surface area contributed by atoms with Crippen molar-refractivity contribution in [2.45, 2.75) is 27.2 Å². The van der Waals surface area contributed by atoms with Crippen LogP contribution in [-0.2, 0) is 4.74 Å². The third-order valence-corrected chi connectivity index (χ3v) is 3.30. The second-order valence-electron chi connectivity index (χ2n) is 5.10. The van der Waals surface area contributed by atoms with E-state index in [1.807, 2.05) is 13.1 Å². The number of hydrogen-bond acceptors (Lipinski definition) is 3. The summed E-state index contributed by atoms with van der Waals surface area (Å²) in [7, 11) is 1.74. The molecule has 0 aliphatic heterocycles. The zero-order valence-corrected chi connectivity index (χ0v) is 12.6. The smallest absolute Gasteiger partial charge is 0.140 e. The fourth-order valence-corrected chi connectivity index (χ4v) is 2.06. The summed E-state index contributed by atoms with van der Waals surface area (Å²) in [4.78, 5) is 4.37. The molecule has 0 spiro atoms. The summed E-state index contributed by atoms with van der Waals surface area (Å²) in [6.07, 6.45) is 2.90. The van der Waals surface area contributed by atoms with Crippen LogP contribution in [0.15, 0.2) is 16.7 Å². The third kappa shape index (κ3) is 5.04. The highest BCUT2D eigenvalue weighted by molar-refractivity contribution is 9.10. The Bertz CT molecular complexity index is 366. The minimum Gasteiger partial charge on any atom is -0.385 e. The predicted molar refractivity (Wildman–Crippen MR) is 75.4 cm³/mol. The van der Waals surface area contributed by atoms with Gasteiger partial charge < -0.3 is 10.1 Å². The highest BCUT2D eigenvalue weighted by atomic mass is 79.9. The van der Waals surface area contributed by atoms with Crippen molar-refractivity contribution in [2.75, 3.05) is 25.6 Å². The van der Waals surface area contributed by atoms with Gasteiger partial charge in [0.2, 0.25) is 0 Å². The van der Waals surface area contributed by atoms with E-state index in [4.69, 9.17) is 4.74 Å². The SMILES string of the molecule is COCCC(C)(C)CNc1ncc(C)cc1Br. The van der Waals surface area contributed by atoms with E-state index in [0.717, 1.165) is 35.4 Å². The number of nitrogens with zero attached hydrogens (tertiary/aromatic N) is 1.